The molecule has 0 unspecified atom stereocenters. The van der Waals surface area contributed by atoms with Crippen molar-refractivity contribution in [3.05, 3.63) is 51.5 Å². The summed E-state index contributed by atoms with van der Waals surface area (Å²) in [6.45, 7) is 1.79. The molecule has 0 aliphatic carbocycles. The Hall–Kier alpha value is -1.85. The zero-order chi connectivity index (χ0) is 15.6. The van der Waals surface area contributed by atoms with Gasteiger partial charge in [-0.25, -0.2) is 9.37 Å². The Morgan fingerprint density at radius 3 is 2.71 bits per heavy atom. The first-order chi connectivity index (χ1) is 9.92. The van der Waals surface area contributed by atoms with Gasteiger partial charge in [0.1, 0.15) is 16.7 Å². The summed E-state index contributed by atoms with van der Waals surface area (Å²) in [5, 5.41) is 3.03. The Morgan fingerprint density at radius 1 is 1.33 bits per heavy atom. The maximum absolute atomic E-state index is 13.2. The van der Waals surface area contributed by atoms with E-state index in [1.165, 1.54) is 7.11 Å². The average Bonchev–Trinajstić information content (AvgIpc) is 2.45. The number of pyridine rings is 1. The molecule has 0 atom stereocenters. The van der Waals surface area contributed by atoms with Gasteiger partial charge in [0, 0.05) is 11.1 Å². The zero-order valence-electron chi connectivity index (χ0n) is 11.2. The Kier molecular flexibility index (Phi) is 4.65. The molecule has 1 aromatic heterocycles. The van der Waals surface area contributed by atoms with Gasteiger partial charge in [-0.1, -0.05) is 23.2 Å². The zero-order valence-corrected chi connectivity index (χ0v) is 12.7. The molecular weight excluding hydrogens is 318 g/mol. The summed E-state index contributed by atoms with van der Waals surface area (Å²) in [6.07, 6.45) is 0.937. The molecule has 2 aromatic rings. The monoisotopic (exact) mass is 328 g/mol. The lowest BCUT2D eigenvalue weighted by atomic mass is 10.2. The fourth-order valence-corrected chi connectivity index (χ4v) is 2.04. The first-order valence-electron chi connectivity index (χ1n) is 5.89. The molecule has 0 fully saturated rings. The molecule has 0 radical (unpaired) electrons. The van der Waals surface area contributed by atoms with Gasteiger partial charge in [-0.2, -0.15) is 0 Å². The average molecular weight is 329 g/mol. The van der Waals surface area contributed by atoms with E-state index in [2.05, 4.69) is 10.3 Å². The summed E-state index contributed by atoms with van der Waals surface area (Å²) in [7, 11) is 1.45. The highest BCUT2D eigenvalue weighted by Gasteiger charge is 2.16. The van der Waals surface area contributed by atoms with E-state index < -0.39 is 11.7 Å². The third-order valence-electron chi connectivity index (χ3n) is 2.78. The highest BCUT2D eigenvalue weighted by atomic mass is 35.5. The summed E-state index contributed by atoms with van der Waals surface area (Å²) in [6, 6.07) is 4.25. The predicted molar refractivity (Wildman–Crippen MR) is 79.9 cm³/mol. The highest BCUT2D eigenvalue weighted by molar-refractivity contribution is 6.33. The van der Waals surface area contributed by atoms with Crippen LogP contribution in [0.2, 0.25) is 10.2 Å². The molecule has 2 rings (SSSR count). The van der Waals surface area contributed by atoms with Crippen molar-refractivity contribution in [3.63, 3.8) is 0 Å². The molecule has 21 heavy (non-hydrogen) atoms. The number of carbonyl (C=O) groups excluding carboxylic acids is 1. The number of methoxy groups -OCH3 is 1. The number of hydrogen-bond donors (Lipinski definition) is 1. The van der Waals surface area contributed by atoms with Crippen LogP contribution in [-0.4, -0.2) is 18.0 Å². The minimum atomic E-state index is -0.649. The largest absolute Gasteiger partial charge is 0.495 e. The Labute approximate surface area is 130 Å². The van der Waals surface area contributed by atoms with Crippen LogP contribution in [-0.2, 0) is 0 Å². The molecule has 0 spiro atoms. The van der Waals surface area contributed by atoms with Crippen molar-refractivity contribution in [2.45, 2.75) is 6.92 Å². The van der Waals surface area contributed by atoms with Crippen molar-refractivity contribution in [2.24, 2.45) is 0 Å². The number of aromatic nitrogens is 1. The van der Waals surface area contributed by atoms with Crippen LogP contribution in [0.15, 0.2) is 24.4 Å². The normalized spacial score (nSPS) is 10.3. The van der Waals surface area contributed by atoms with Crippen molar-refractivity contribution in [1.29, 1.82) is 0 Å². The van der Waals surface area contributed by atoms with Crippen molar-refractivity contribution >= 4 is 34.8 Å². The number of hydrogen-bond acceptors (Lipinski definition) is 3. The van der Waals surface area contributed by atoms with Gasteiger partial charge in [0.15, 0.2) is 0 Å². The van der Waals surface area contributed by atoms with Crippen LogP contribution in [0.25, 0.3) is 0 Å². The molecule has 0 aliphatic heterocycles. The smallest absolute Gasteiger partial charge is 0.259 e. The van der Waals surface area contributed by atoms with E-state index >= 15 is 0 Å². The number of carbonyl (C=O) groups is 1. The predicted octanol–water partition coefficient (Wildman–Crippen LogP) is 4.10. The van der Waals surface area contributed by atoms with E-state index in [1.54, 1.807) is 19.1 Å². The van der Waals surface area contributed by atoms with Crippen LogP contribution in [0.4, 0.5) is 10.1 Å². The number of benzene rings is 1. The fraction of sp³-hybridized carbons (Fsp3) is 0.143. The molecular formula is C14H11Cl2FN2O2. The van der Waals surface area contributed by atoms with Crippen molar-refractivity contribution in [3.8, 4) is 5.75 Å². The van der Waals surface area contributed by atoms with E-state index in [0.29, 0.717) is 16.5 Å². The molecule has 7 heteroatoms. The minimum Gasteiger partial charge on any atom is -0.495 e. The Balaban J connectivity index is 2.35. The van der Waals surface area contributed by atoms with Gasteiger partial charge in [0.05, 0.1) is 24.6 Å². The number of anilines is 1. The third kappa shape index (κ3) is 3.43. The molecule has 1 heterocycles. The Morgan fingerprint density at radius 2 is 2.05 bits per heavy atom. The molecule has 0 aliphatic rings. The molecule has 110 valence electrons. The van der Waals surface area contributed by atoms with E-state index in [1.807, 2.05) is 0 Å². The van der Waals surface area contributed by atoms with Gasteiger partial charge in [0.25, 0.3) is 5.91 Å². The second-order valence-electron chi connectivity index (χ2n) is 4.25. The number of halogens is 3. The first-order valence-corrected chi connectivity index (χ1v) is 6.64. The lowest BCUT2D eigenvalue weighted by molar-refractivity contribution is 0.102. The molecule has 0 saturated heterocycles. The van der Waals surface area contributed by atoms with Crippen LogP contribution in [0, 0.1) is 12.7 Å². The highest BCUT2D eigenvalue weighted by Crippen LogP contribution is 2.31. The van der Waals surface area contributed by atoms with Crippen molar-refractivity contribution < 1.29 is 13.9 Å². The van der Waals surface area contributed by atoms with Crippen molar-refractivity contribution in [1.82, 2.24) is 4.98 Å². The molecule has 0 saturated carbocycles. The number of nitrogens with one attached hydrogen (secondary N) is 1. The molecule has 1 amide bonds. The van der Waals surface area contributed by atoms with Crippen LogP contribution in [0.3, 0.4) is 0 Å². The van der Waals surface area contributed by atoms with E-state index in [9.17, 15) is 9.18 Å². The number of ether oxygens (including phenoxy) is 1. The van der Waals surface area contributed by atoms with E-state index in [-0.39, 0.29) is 10.7 Å². The first kappa shape index (κ1) is 15.5. The number of nitrogens with zero attached hydrogens (tertiary/aromatic N) is 1. The van der Waals surface area contributed by atoms with E-state index in [4.69, 9.17) is 27.9 Å². The summed E-state index contributed by atoms with van der Waals surface area (Å²) >= 11 is 11.8. The van der Waals surface area contributed by atoms with Gasteiger partial charge in [0.2, 0.25) is 0 Å². The maximum Gasteiger partial charge on any atom is 0.259 e. The molecule has 1 N–H and O–H groups in total. The summed E-state index contributed by atoms with van der Waals surface area (Å²) in [5.74, 6) is -0.852. The maximum atomic E-state index is 13.2. The third-order valence-corrected chi connectivity index (χ3v) is 3.49. The molecule has 1 aromatic carbocycles. The van der Waals surface area contributed by atoms with Crippen LogP contribution in [0.1, 0.15) is 15.9 Å². The standard InChI is InChI=1S/C14H11Cl2FN2O2/c1-7-3-11(12(21-2)5-10(7)15)19-14(20)9-4-8(17)6-18-13(9)16/h3-6H,1-2H3,(H,19,20). The van der Waals surface area contributed by atoms with Gasteiger partial charge in [-0.05, 0) is 24.6 Å². The molecule has 0 bridgehead atoms. The Bertz CT molecular complexity index is 708. The number of rotatable bonds is 3. The van der Waals surface area contributed by atoms with Crippen molar-refractivity contribution in [2.75, 3.05) is 12.4 Å². The lowest BCUT2D eigenvalue weighted by Crippen LogP contribution is -2.14. The van der Waals surface area contributed by atoms with Gasteiger partial charge in [-0.3, -0.25) is 4.79 Å². The van der Waals surface area contributed by atoms with Crippen LogP contribution < -0.4 is 10.1 Å². The fourth-order valence-electron chi connectivity index (χ4n) is 1.70. The summed E-state index contributed by atoms with van der Waals surface area (Å²) in [4.78, 5) is 15.8. The lowest BCUT2D eigenvalue weighted by Gasteiger charge is -2.12. The van der Waals surface area contributed by atoms with Gasteiger partial charge < -0.3 is 10.1 Å². The SMILES string of the molecule is COc1cc(Cl)c(C)cc1NC(=O)c1cc(F)cnc1Cl. The summed E-state index contributed by atoms with van der Waals surface area (Å²) < 4.78 is 18.3. The minimum absolute atomic E-state index is 0.0636. The van der Waals surface area contributed by atoms with E-state index in [0.717, 1.165) is 17.8 Å². The van der Waals surface area contributed by atoms with Gasteiger partial charge >= 0.3 is 0 Å². The quantitative estimate of drug-likeness (QED) is 0.863. The van der Waals surface area contributed by atoms with Gasteiger partial charge in [-0.15, -0.1) is 0 Å². The topological polar surface area (TPSA) is 51.2 Å². The molecule has 4 nitrogen and oxygen atoms in total. The second-order valence-corrected chi connectivity index (χ2v) is 5.01. The summed E-state index contributed by atoms with van der Waals surface area (Å²) in [5.41, 5.74) is 1.10. The number of amides is 1. The number of aryl methyl sites for hydroxylation is 1. The van der Waals surface area contributed by atoms with Crippen LogP contribution >= 0.6 is 23.2 Å². The van der Waals surface area contributed by atoms with Crippen LogP contribution in [0.5, 0.6) is 5.75 Å². The second kappa shape index (κ2) is 6.28.